The number of rotatable bonds is 4. The second-order valence-corrected chi connectivity index (χ2v) is 6.92. The maximum absolute atomic E-state index is 12.4. The van der Waals surface area contributed by atoms with E-state index in [0.29, 0.717) is 18.0 Å². The summed E-state index contributed by atoms with van der Waals surface area (Å²) >= 11 is 6.03. The Kier molecular flexibility index (Phi) is 4.17. The van der Waals surface area contributed by atoms with Crippen LogP contribution in [0.4, 0.5) is 0 Å². The third-order valence-electron chi connectivity index (χ3n) is 4.73. The van der Waals surface area contributed by atoms with Crippen molar-refractivity contribution in [3.63, 3.8) is 0 Å². The van der Waals surface area contributed by atoms with E-state index < -0.39 is 0 Å². The largest absolute Gasteiger partial charge is 0.361 e. The number of fused-ring (bicyclic) bond motifs is 2. The molecule has 2 heterocycles. The lowest BCUT2D eigenvalue weighted by atomic mass is 10.1. The Morgan fingerprint density at radius 2 is 2.15 bits per heavy atom. The van der Waals surface area contributed by atoms with Gasteiger partial charge in [-0.05, 0) is 42.3 Å². The summed E-state index contributed by atoms with van der Waals surface area (Å²) in [4.78, 5) is 20.2. The maximum Gasteiger partial charge on any atom is 0.224 e. The molecular weight excluding hydrogens is 348 g/mol. The molecule has 2 N–H and O–H groups in total. The van der Waals surface area contributed by atoms with Crippen molar-refractivity contribution in [3.8, 4) is 0 Å². The van der Waals surface area contributed by atoms with Gasteiger partial charge in [-0.2, -0.15) is 0 Å². The zero-order chi connectivity index (χ0) is 18.3. The highest BCUT2D eigenvalue weighted by Crippen LogP contribution is 2.23. The minimum Gasteiger partial charge on any atom is -0.361 e. The lowest BCUT2D eigenvalue weighted by molar-refractivity contribution is -0.120. The van der Waals surface area contributed by atoms with Crippen LogP contribution in [-0.2, 0) is 24.8 Å². The number of aromatic amines is 1. The number of carbonyl (C=O) groups excluding carboxylic acids is 1. The van der Waals surface area contributed by atoms with E-state index in [2.05, 4.69) is 28.3 Å². The highest BCUT2D eigenvalue weighted by Gasteiger charge is 2.12. The van der Waals surface area contributed by atoms with E-state index in [4.69, 9.17) is 11.6 Å². The van der Waals surface area contributed by atoms with Crippen molar-refractivity contribution in [3.05, 3.63) is 64.6 Å². The molecule has 0 aliphatic rings. The second kappa shape index (κ2) is 6.50. The molecule has 0 bridgehead atoms. The van der Waals surface area contributed by atoms with Crippen LogP contribution in [0.15, 0.2) is 42.6 Å². The number of hydrogen-bond acceptors (Lipinski definition) is 2. The van der Waals surface area contributed by atoms with Crippen molar-refractivity contribution in [1.29, 1.82) is 0 Å². The van der Waals surface area contributed by atoms with Gasteiger partial charge in [0.1, 0.15) is 5.82 Å². The second-order valence-electron chi connectivity index (χ2n) is 6.48. The summed E-state index contributed by atoms with van der Waals surface area (Å²) < 4.78 is 1.97. The maximum atomic E-state index is 12.4. The fourth-order valence-electron chi connectivity index (χ4n) is 3.38. The predicted molar refractivity (Wildman–Crippen MR) is 104 cm³/mol. The molecule has 0 spiro atoms. The number of benzene rings is 2. The molecule has 0 unspecified atom stereocenters. The van der Waals surface area contributed by atoms with Gasteiger partial charge in [-0.1, -0.05) is 23.7 Å². The van der Waals surface area contributed by atoms with Gasteiger partial charge in [0, 0.05) is 29.2 Å². The topological polar surface area (TPSA) is 62.7 Å². The number of H-pyrrole nitrogens is 1. The van der Waals surface area contributed by atoms with Crippen LogP contribution in [0.2, 0.25) is 5.02 Å². The first-order valence-electron chi connectivity index (χ1n) is 8.46. The average Bonchev–Trinajstić information content (AvgIpc) is 3.15. The van der Waals surface area contributed by atoms with E-state index in [9.17, 15) is 4.79 Å². The number of amides is 1. The monoisotopic (exact) mass is 366 g/mol. The van der Waals surface area contributed by atoms with Gasteiger partial charge < -0.3 is 14.9 Å². The van der Waals surface area contributed by atoms with Crippen molar-refractivity contribution in [1.82, 2.24) is 19.9 Å². The van der Waals surface area contributed by atoms with Crippen molar-refractivity contribution < 1.29 is 4.79 Å². The SMILES string of the molecule is Cc1cccc2[nH]cc(CC(=O)NCc3nc4cc(Cl)ccc4n3C)c12. The Hall–Kier alpha value is -2.79. The standard InChI is InChI=1S/C20H19ClN4O/c1-12-4-3-5-15-20(12)13(10-22-15)8-19(26)23-11-18-24-16-9-14(21)6-7-17(16)25(18)2/h3-7,9-10,22H,8,11H2,1-2H3,(H,23,26). The van der Waals surface area contributed by atoms with Crippen LogP contribution in [0, 0.1) is 6.92 Å². The van der Waals surface area contributed by atoms with E-state index >= 15 is 0 Å². The Bertz CT molecular complexity index is 1130. The molecule has 0 aliphatic heterocycles. The molecule has 2 aromatic heterocycles. The van der Waals surface area contributed by atoms with Gasteiger partial charge in [-0.3, -0.25) is 4.79 Å². The van der Waals surface area contributed by atoms with Crippen molar-refractivity contribution in [2.75, 3.05) is 0 Å². The summed E-state index contributed by atoms with van der Waals surface area (Å²) in [5, 5.41) is 4.75. The molecule has 0 fully saturated rings. The summed E-state index contributed by atoms with van der Waals surface area (Å²) in [6.07, 6.45) is 2.24. The fourth-order valence-corrected chi connectivity index (χ4v) is 3.55. The Morgan fingerprint density at radius 3 is 3.00 bits per heavy atom. The quantitative estimate of drug-likeness (QED) is 0.575. The lowest BCUT2D eigenvalue weighted by Gasteiger charge is -2.06. The molecule has 0 aliphatic carbocycles. The van der Waals surface area contributed by atoms with E-state index in [1.165, 1.54) is 5.56 Å². The lowest BCUT2D eigenvalue weighted by Crippen LogP contribution is -2.25. The van der Waals surface area contributed by atoms with Crippen LogP contribution < -0.4 is 5.32 Å². The number of hydrogen-bond donors (Lipinski definition) is 2. The molecule has 0 radical (unpaired) electrons. The first kappa shape index (κ1) is 16.7. The van der Waals surface area contributed by atoms with E-state index in [-0.39, 0.29) is 5.91 Å². The highest BCUT2D eigenvalue weighted by molar-refractivity contribution is 6.31. The van der Waals surface area contributed by atoms with Crippen LogP contribution in [0.5, 0.6) is 0 Å². The normalized spacial score (nSPS) is 11.3. The summed E-state index contributed by atoms with van der Waals surface area (Å²) in [5.74, 6) is 0.768. The molecule has 0 atom stereocenters. The summed E-state index contributed by atoms with van der Waals surface area (Å²) in [6.45, 7) is 2.44. The third-order valence-corrected chi connectivity index (χ3v) is 4.96. The molecule has 0 saturated carbocycles. The Balaban J connectivity index is 1.50. The minimum atomic E-state index is -0.0285. The van der Waals surface area contributed by atoms with Crippen LogP contribution in [0.1, 0.15) is 17.0 Å². The van der Waals surface area contributed by atoms with Gasteiger partial charge in [-0.15, -0.1) is 0 Å². The van der Waals surface area contributed by atoms with Crippen LogP contribution in [0.25, 0.3) is 21.9 Å². The molecule has 4 aromatic rings. The number of nitrogens with zero attached hydrogens (tertiary/aromatic N) is 2. The summed E-state index contributed by atoms with van der Waals surface area (Å²) in [5.41, 5.74) is 5.05. The van der Waals surface area contributed by atoms with Gasteiger partial charge in [0.15, 0.2) is 0 Å². The molecule has 0 saturated heterocycles. The molecule has 4 rings (SSSR count). The summed E-state index contributed by atoms with van der Waals surface area (Å²) in [6, 6.07) is 11.7. The molecule has 6 heteroatoms. The van der Waals surface area contributed by atoms with E-state index in [0.717, 1.165) is 33.3 Å². The number of carbonyl (C=O) groups is 1. The molecule has 132 valence electrons. The van der Waals surface area contributed by atoms with Crippen molar-refractivity contribution in [2.24, 2.45) is 7.05 Å². The molecule has 26 heavy (non-hydrogen) atoms. The Labute approximate surface area is 156 Å². The van der Waals surface area contributed by atoms with Crippen molar-refractivity contribution in [2.45, 2.75) is 19.9 Å². The predicted octanol–water partition coefficient (Wildman–Crippen LogP) is 3.88. The zero-order valence-corrected chi connectivity index (χ0v) is 15.4. The highest BCUT2D eigenvalue weighted by atomic mass is 35.5. The van der Waals surface area contributed by atoms with Gasteiger partial charge in [-0.25, -0.2) is 4.98 Å². The molecule has 1 amide bonds. The van der Waals surface area contributed by atoms with E-state index in [1.54, 1.807) is 0 Å². The van der Waals surface area contributed by atoms with Gasteiger partial charge in [0.2, 0.25) is 5.91 Å². The minimum absolute atomic E-state index is 0.0285. The average molecular weight is 367 g/mol. The van der Waals surface area contributed by atoms with Crippen LogP contribution >= 0.6 is 11.6 Å². The Morgan fingerprint density at radius 1 is 1.31 bits per heavy atom. The van der Waals surface area contributed by atoms with Crippen molar-refractivity contribution >= 4 is 39.4 Å². The summed E-state index contributed by atoms with van der Waals surface area (Å²) in [7, 11) is 1.94. The smallest absolute Gasteiger partial charge is 0.224 e. The fraction of sp³-hybridized carbons (Fsp3) is 0.200. The third kappa shape index (κ3) is 2.95. The number of imidazole rings is 1. The van der Waals surface area contributed by atoms with Gasteiger partial charge >= 0.3 is 0 Å². The van der Waals surface area contributed by atoms with Gasteiger partial charge in [0.25, 0.3) is 0 Å². The van der Waals surface area contributed by atoms with Gasteiger partial charge in [0.05, 0.1) is 24.0 Å². The molecular formula is C20H19ClN4O. The number of aryl methyl sites for hydroxylation is 2. The van der Waals surface area contributed by atoms with Crippen LogP contribution in [0.3, 0.4) is 0 Å². The molecule has 5 nitrogen and oxygen atoms in total. The van der Waals surface area contributed by atoms with E-state index in [1.807, 2.05) is 48.1 Å². The number of halogens is 1. The zero-order valence-electron chi connectivity index (χ0n) is 14.6. The first-order valence-corrected chi connectivity index (χ1v) is 8.84. The number of aromatic nitrogens is 3. The number of nitrogens with one attached hydrogen (secondary N) is 2. The first-order chi connectivity index (χ1) is 12.5. The van der Waals surface area contributed by atoms with Crippen LogP contribution in [-0.4, -0.2) is 20.4 Å². The molecule has 2 aromatic carbocycles.